The first-order valence-corrected chi connectivity index (χ1v) is 12.0. The van der Waals surface area contributed by atoms with Crippen molar-refractivity contribution in [1.29, 1.82) is 0 Å². The van der Waals surface area contributed by atoms with E-state index >= 15 is 0 Å². The lowest BCUT2D eigenvalue weighted by atomic mass is 9.65. The van der Waals surface area contributed by atoms with Crippen LogP contribution in [0.3, 0.4) is 0 Å². The predicted molar refractivity (Wildman–Crippen MR) is 121 cm³/mol. The number of aromatic nitrogens is 1. The van der Waals surface area contributed by atoms with E-state index in [0.29, 0.717) is 33.4 Å². The zero-order valence-electron chi connectivity index (χ0n) is 19.0. The third-order valence-electron chi connectivity index (χ3n) is 7.19. The van der Waals surface area contributed by atoms with E-state index in [1.807, 2.05) is 0 Å². The molecule has 0 aromatic carbocycles. The van der Waals surface area contributed by atoms with Crippen molar-refractivity contribution in [2.24, 2.45) is 16.7 Å². The number of fused-ring (bicyclic) bond motifs is 3. The highest BCUT2D eigenvalue weighted by Gasteiger charge is 2.52. The van der Waals surface area contributed by atoms with E-state index in [1.165, 1.54) is 17.6 Å². The smallest absolute Gasteiger partial charge is 0.260 e. The van der Waals surface area contributed by atoms with Gasteiger partial charge in [-0.25, -0.2) is 4.98 Å². The van der Waals surface area contributed by atoms with Crippen molar-refractivity contribution in [3.8, 4) is 0 Å². The van der Waals surface area contributed by atoms with Crippen LogP contribution in [-0.2, 0) is 11.2 Å². The van der Waals surface area contributed by atoms with Crippen LogP contribution in [0, 0.1) is 23.7 Å². The number of thiazole rings is 1. The second-order valence-corrected chi connectivity index (χ2v) is 11.8. The predicted octanol–water partition coefficient (Wildman–Crippen LogP) is 4.47. The number of aryl methyl sites for hydroxylation is 1. The minimum absolute atomic E-state index is 0.0594. The molecule has 3 atom stereocenters. The van der Waals surface area contributed by atoms with E-state index < -0.39 is 0 Å². The van der Waals surface area contributed by atoms with Gasteiger partial charge in [-0.3, -0.25) is 19.7 Å². The Morgan fingerprint density at radius 3 is 2.75 bits per heavy atom. The first-order valence-electron chi connectivity index (χ1n) is 11.2. The number of ketones is 1. The summed E-state index contributed by atoms with van der Waals surface area (Å²) < 4.78 is 5.19. The van der Waals surface area contributed by atoms with E-state index in [4.69, 9.17) is 4.42 Å². The van der Waals surface area contributed by atoms with Crippen molar-refractivity contribution < 1.29 is 18.8 Å². The summed E-state index contributed by atoms with van der Waals surface area (Å²) in [7, 11) is 0. The Balaban J connectivity index is 1.32. The molecule has 2 fully saturated rings. The Hall–Kier alpha value is -2.48. The second kappa shape index (κ2) is 7.27. The minimum Gasteiger partial charge on any atom is -0.469 e. The number of carbonyl (C=O) groups is 3. The number of hydrogen-bond donors (Lipinski definition) is 1. The maximum atomic E-state index is 13.5. The fraction of sp³-hybridized carbons (Fsp3) is 0.583. The summed E-state index contributed by atoms with van der Waals surface area (Å²) in [6, 6.07) is 1.86. The van der Waals surface area contributed by atoms with Gasteiger partial charge in [0.1, 0.15) is 5.76 Å². The normalized spacial score (nSPS) is 28.5. The topological polar surface area (TPSA) is 92.5 Å². The molecule has 1 N–H and O–H groups in total. The Morgan fingerprint density at radius 2 is 2.03 bits per heavy atom. The van der Waals surface area contributed by atoms with Gasteiger partial charge in [0.25, 0.3) is 5.91 Å². The Morgan fingerprint density at radius 1 is 1.25 bits per heavy atom. The van der Waals surface area contributed by atoms with Gasteiger partial charge < -0.3 is 9.32 Å². The number of Topliss-reactive ketones (excluding diaryl/α,β-unsaturated/α-hetero) is 1. The lowest BCUT2D eigenvalue weighted by Gasteiger charge is -2.39. The third-order valence-corrected chi connectivity index (χ3v) is 8.25. The van der Waals surface area contributed by atoms with E-state index in [9.17, 15) is 14.4 Å². The SMILES string of the molecule is Cc1occc1C(=O)Nc1nc2c(s1)C(=O)C[C@@H](C(=O)N1C[C@@]3(C)C[C@H]1CC(C)(C)C3)C2. The molecule has 2 amide bonds. The molecule has 0 radical (unpaired) electrons. The Kier molecular flexibility index (Phi) is 4.85. The summed E-state index contributed by atoms with van der Waals surface area (Å²) in [5, 5.41) is 3.15. The van der Waals surface area contributed by atoms with Crippen LogP contribution in [-0.4, -0.2) is 40.1 Å². The fourth-order valence-corrected chi connectivity index (χ4v) is 7.23. The minimum atomic E-state index is -0.372. The number of nitrogens with one attached hydrogen (secondary N) is 1. The average Bonchev–Trinajstić information content (AvgIpc) is 3.35. The highest BCUT2D eigenvalue weighted by molar-refractivity contribution is 7.17. The van der Waals surface area contributed by atoms with Gasteiger partial charge in [0.05, 0.1) is 28.3 Å². The van der Waals surface area contributed by atoms with Crippen molar-refractivity contribution >= 4 is 34.1 Å². The molecule has 0 unspecified atom stereocenters. The summed E-state index contributed by atoms with van der Waals surface area (Å²) in [4.78, 5) is 46.0. The molecule has 5 rings (SSSR count). The van der Waals surface area contributed by atoms with Crippen LogP contribution in [0.5, 0.6) is 0 Å². The number of likely N-dealkylation sites (tertiary alicyclic amines) is 1. The number of carbonyl (C=O) groups excluding carboxylic acids is 3. The van der Waals surface area contributed by atoms with Gasteiger partial charge in [0.2, 0.25) is 5.91 Å². The number of amides is 2. The van der Waals surface area contributed by atoms with Crippen molar-refractivity contribution in [1.82, 2.24) is 9.88 Å². The van der Waals surface area contributed by atoms with Crippen LogP contribution in [0.2, 0.25) is 0 Å². The zero-order chi connectivity index (χ0) is 22.8. The Bertz CT molecular complexity index is 1120. The van der Waals surface area contributed by atoms with Crippen LogP contribution in [0.1, 0.15) is 77.9 Å². The standard InChI is InChI=1S/C24H29N3O4S/c1-13-16(5-6-31-13)20(29)26-22-25-17-7-14(8-18(28)19(17)32-22)21(30)27-12-24(4)10-15(27)9-23(2,3)11-24/h5-6,14-15H,7-12H2,1-4H3,(H,25,26,29)/t14-,15+,24-/m0/s1. The first kappa shape index (κ1) is 21.4. The van der Waals surface area contributed by atoms with Gasteiger partial charge in [-0.1, -0.05) is 32.1 Å². The lowest BCUT2D eigenvalue weighted by molar-refractivity contribution is -0.136. The van der Waals surface area contributed by atoms with Crippen LogP contribution >= 0.6 is 11.3 Å². The maximum absolute atomic E-state index is 13.5. The van der Waals surface area contributed by atoms with Gasteiger partial charge in [-0.15, -0.1) is 0 Å². The molecule has 3 aliphatic rings. The van der Waals surface area contributed by atoms with E-state index in [2.05, 4.69) is 36.0 Å². The van der Waals surface area contributed by atoms with Gasteiger partial charge in [0.15, 0.2) is 10.9 Å². The molecule has 2 aromatic heterocycles. The lowest BCUT2D eigenvalue weighted by Crippen LogP contribution is -2.43. The molecule has 0 spiro atoms. The summed E-state index contributed by atoms with van der Waals surface area (Å²) >= 11 is 1.19. The molecule has 2 aliphatic carbocycles. The van der Waals surface area contributed by atoms with E-state index in [-0.39, 0.29) is 46.8 Å². The van der Waals surface area contributed by atoms with Gasteiger partial charge in [-0.05, 0) is 43.1 Å². The largest absolute Gasteiger partial charge is 0.469 e. The monoisotopic (exact) mass is 455 g/mol. The summed E-state index contributed by atoms with van der Waals surface area (Å²) in [5.41, 5.74) is 1.46. The van der Waals surface area contributed by atoms with E-state index in [1.54, 1.807) is 13.0 Å². The van der Waals surface area contributed by atoms with Gasteiger partial charge >= 0.3 is 0 Å². The molecule has 3 heterocycles. The number of hydrogen-bond acceptors (Lipinski definition) is 6. The molecular weight excluding hydrogens is 426 g/mol. The van der Waals surface area contributed by atoms with Crippen LogP contribution in [0.4, 0.5) is 5.13 Å². The molecule has 2 bridgehead atoms. The highest BCUT2D eigenvalue weighted by Crippen LogP contribution is 2.53. The van der Waals surface area contributed by atoms with Crippen molar-refractivity contribution in [2.45, 2.75) is 65.8 Å². The molecule has 170 valence electrons. The van der Waals surface area contributed by atoms with Crippen molar-refractivity contribution in [2.75, 3.05) is 11.9 Å². The van der Waals surface area contributed by atoms with E-state index in [0.717, 1.165) is 25.8 Å². The molecule has 1 aliphatic heterocycles. The zero-order valence-corrected chi connectivity index (χ0v) is 19.8. The quantitative estimate of drug-likeness (QED) is 0.737. The van der Waals surface area contributed by atoms with Gasteiger partial charge in [-0.2, -0.15) is 0 Å². The molecular formula is C24H29N3O4S. The Labute approximate surface area is 191 Å². The summed E-state index contributed by atoms with van der Waals surface area (Å²) in [5.74, 6) is -0.137. The molecule has 1 saturated heterocycles. The van der Waals surface area contributed by atoms with Gasteiger partial charge in [0, 0.05) is 25.4 Å². The van der Waals surface area contributed by atoms with Crippen molar-refractivity contribution in [3.05, 3.63) is 34.2 Å². The fourth-order valence-electron chi connectivity index (χ4n) is 6.30. The molecule has 2 aromatic rings. The molecule has 32 heavy (non-hydrogen) atoms. The number of nitrogens with zero attached hydrogens (tertiary/aromatic N) is 2. The highest BCUT2D eigenvalue weighted by atomic mass is 32.1. The van der Waals surface area contributed by atoms with Crippen LogP contribution < -0.4 is 5.32 Å². The number of furan rings is 1. The maximum Gasteiger partial charge on any atom is 0.260 e. The first-order chi connectivity index (χ1) is 15.0. The van der Waals surface area contributed by atoms with Crippen LogP contribution in [0.25, 0.3) is 0 Å². The van der Waals surface area contributed by atoms with Crippen LogP contribution in [0.15, 0.2) is 16.7 Å². The molecule has 8 heteroatoms. The number of rotatable bonds is 3. The third kappa shape index (κ3) is 3.68. The molecule has 7 nitrogen and oxygen atoms in total. The van der Waals surface area contributed by atoms with Crippen molar-refractivity contribution in [3.63, 3.8) is 0 Å². The summed E-state index contributed by atoms with van der Waals surface area (Å²) in [6.45, 7) is 9.36. The molecule has 1 saturated carbocycles. The number of anilines is 1. The summed E-state index contributed by atoms with van der Waals surface area (Å²) in [6.07, 6.45) is 5.31. The second-order valence-electron chi connectivity index (χ2n) is 10.8. The average molecular weight is 456 g/mol.